The quantitative estimate of drug-likeness (QED) is 0.0787. The summed E-state index contributed by atoms with van der Waals surface area (Å²) in [5.74, 6) is 9.05. The largest absolute Gasteiger partial charge is 0.382 e. The van der Waals surface area contributed by atoms with Crippen molar-refractivity contribution in [1.29, 1.82) is 0 Å². The summed E-state index contributed by atoms with van der Waals surface area (Å²) < 4.78 is 50.4. The van der Waals surface area contributed by atoms with Crippen LogP contribution >= 0.6 is 0 Å². The Morgan fingerprint density at radius 1 is 0.362 bits per heavy atom. The zero-order valence-electron chi connectivity index (χ0n) is 77.8. The van der Waals surface area contributed by atoms with E-state index in [0.717, 1.165) is 158 Å². The van der Waals surface area contributed by atoms with Crippen LogP contribution in [0.4, 0.5) is 0 Å². The molecule has 11 atom stereocenters. The van der Waals surface area contributed by atoms with Gasteiger partial charge in [-0.25, -0.2) is 0 Å². The molecule has 0 aromatic rings. The summed E-state index contributed by atoms with van der Waals surface area (Å²) in [6.07, 6.45) is 28.9. The standard InChI is InChI=1S/C13H24O.3C12H22O.C12H24O.C11H22O.C9H20O.C8H18O.C7H16O/c1-6-14-11-9-7-8-10(12(9,2)3)13(11,4)5;1-5-13-10-11(2,3)9-6-7-12(10,4)8-9;1-4-13-8-9-5-10-7-11(6-9)12(10,2)3;1-4-13-8-9-5-6-10-7-11(9)12(10,2)3;1-6-13-10-11(2,3)8-7-9-12(10,4)5;1-6-12-9-10(2,3)7-8-11(9,4)5;1-5-9(3,4)7-8-10-6-2;1-5-9-7-6-8(2,3)4;1-4-8-6-5-7(2)3/h9-11H,6-8H2,1-5H3;9-10H,5-8H2,1-4H3;2*9-11H,4-8H2,1-3H3;10H,6-9H2,1-5H3;9H,6-8H2,1-5H3;5-8H2,1-4H3;5-7H2,1-4H3;7H,4-6H2,1-3H3. The van der Waals surface area contributed by atoms with Crippen molar-refractivity contribution < 1.29 is 42.6 Å². The first-order valence-electron chi connectivity index (χ1n) is 44.8. The molecule has 12 saturated carbocycles. The molecule has 105 heavy (non-hydrogen) atoms. The van der Waals surface area contributed by atoms with E-state index in [4.69, 9.17) is 42.6 Å². The molecule has 12 rings (SSSR count). The van der Waals surface area contributed by atoms with Gasteiger partial charge in [0.25, 0.3) is 0 Å². The minimum Gasteiger partial charge on any atom is -0.382 e. The summed E-state index contributed by atoms with van der Waals surface area (Å²) in [5.41, 5.74) is 5.45. The maximum absolute atomic E-state index is 5.99. The summed E-state index contributed by atoms with van der Waals surface area (Å²) in [6.45, 7) is 94.4. The molecule has 0 amide bonds. The average Bonchev–Trinajstić information content (AvgIpc) is 1.65. The molecule has 0 aromatic carbocycles. The molecule has 0 aliphatic heterocycles. The first kappa shape index (κ1) is 101. The van der Waals surface area contributed by atoms with Gasteiger partial charge in [-0.05, 0) is 302 Å². The molecule has 9 heteroatoms. The van der Waals surface area contributed by atoms with Crippen molar-refractivity contribution in [3.05, 3.63) is 0 Å². The predicted molar refractivity (Wildman–Crippen MR) is 454 cm³/mol. The van der Waals surface area contributed by atoms with Gasteiger partial charge in [-0.15, -0.1) is 0 Å². The molecule has 0 aromatic heterocycles. The fraction of sp³-hybridized carbons (Fsp3) is 1.00. The van der Waals surface area contributed by atoms with Gasteiger partial charge >= 0.3 is 0 Å². The highest BCUT2D eigenvalue weighted by Gasteiger charge is 2.64. The van der Waals surface area contributed by atoms with E-state index in [-0.39, 0.29) is 0 Å². The fourth-order valence-electron chi connectivity index (χ4n) is 22.1. The lowest BCUT2D eigenvalue weighted by Gasteiger charge is -2.60. The second-order valence-corrected chi connectivity index (χ2v) is 43.1. The normalized spacial score (nSPS) is 31.3. The Bertz CT molecular complexity index is 2230. The number of fused-ring (bicyclic) bond motifs is 8. The summed E-state index contributed by atoms with van der Waals surface area (Å²) in [6, 6.07) is 0. The number of hydrogen-bond donors (Lipinski definition) is 0. The van der Waals surface area contributed by atoms with Crippen molar-refractivity contribution >= 4 is 0 Å². The van der Waals surface area contributed by atoms with Gasteiger partial charge in [-0.2, -0.15) is 0 Å². The van der Waals surface area contributed by atoms with E-state index in [1.165, 1.54) is 122 Å². The van der Waals surface area contributed by atoms with Crippen molar-refractivity contribution in [2.45, 2.75) is 402 Å². The SMILES string of the molecule is CCOC1C(C)(C)CCC1(C)C.CCOC1C(C)(C)CCCC1(C)C.CCOC1C2(C)CCC(C2)C1(C)C.CCOC1C2CCC(C2(C)C)C1(C)C.CCOCC1CC2CC(C1)C2(C)C.CCOCC1CCC2CC1C2(C)C.CCOCCC(C)(C)C.CCOCCC(C)(C)CC.CCOCCC(C)C. The summed E-state index contributed by atoms with van der Waals surface area (Å²) in [7, 11) is 0. The fourth-order valence-corrected chi connectivity index (χ4v) is 22.1. The van der Waals surface area contributed by atoms with E-state index in [2.05, 4.69) is 228 Å². The van der Waals surface area contributed by atoms with Gasteiger partial charge in [0.05, 0.1) is 24.4 Å². The zero-order valence-corrected chi connectivity index (χ0v) is 77.8. The third-order valence-electron chi connectivity index (χ3n) is 29.3. The van der Waals surface area contributed by atoms with Crippen LogP contribution in [0.1, 0.15) is 378 Å². The molecule has 0 spiro atoms. The maximum Gasteiger partial charge on any atom is 0.0682 e. The van der Waals surface area contributed by atoms with Crippen LogP contribution in [0.3, 0.4) is 0 Å². The Balaban J connectivity index is 0.000000403. The first-order valence-corrected chi connectivity index (χ1v) is 44.8. The molecule has 12 aliphatic rings. The second kappa shape index (κ2) is 44.5. The lowest BCUT2D eigenvalue weighted by molar-refractivity contribution is -0.123. The van der Waals surface area contributed by atoms with Gasteiger partial charge < -0.3 is 42.6 Å². The maximum atomic E-state index is 5.99. The third kappa shape index (κ3) is 29.8. The van der Waals surface area contributed by atoms with Gasteiger partial charge in [0.2, 0.25) is 0 Å². The molecule has 0 radical (unpaired) electrons. The number of hydrogen-bond acceptors (Lipinski definition) is 9. The molecular weight excluding hydrogens is 1300 g/mol. The van der Waals surface area contributed by atoms with Crippen LogP contribution in [0.2, 0.25) is 0 Å². The van der Waals surface area contributed by atoms with E-state index in [9.17, 15) is 0 Å². The zero-order chi connectivity index (χ0) is 80.5. The molecular formula is C96H190O9. The number of rotatable bonds is 26. The van der Waals surface area contributed by atoms with Crippen molar-refractivity contribution in [3.63, 3.8) is 0 Å². The summed E-state index contributed by atoms with van der Waals surface area (Å²) in [4.78, 5) is 0. The van der Waals surface area contributed by atoms with Gasteiger partial charge in [0, 0.05) is 92.5 Å². The molecule has 0 N–H and O–H groups in total. The lowest BCUT2D eigenvalue weighted by atomic mass is 9.46. The first-order chi connectivity index (χ1) is 48.5. The smallest absolute Gasteiger partial charge is 0.0682 e. The summed E-state index contributed by atoms with van der Waals surface area (Å²) >= 11 is 0. The minimum absolute atomic E-state index is 0.359. The minimum atomic E-state index is 0.359. The van der Waals surface area contributed by atoms with Crippen LogP contribution in [-0.2, 0) is 42.6 Å². The van der Waals surface area contributed by atoms with Crippen LogP contribution in [0.25, 0.3) is 0 Å². The molecule has 0 saturated heterocycles. The molecule has 0 heterocycles. The average molecular weight is 1490 g/mol. The Morgan fingerprint density at radius 2 is 0.819 bits per heavy atom. The van der Waals surface area contributed by atoms with Crippen LogP contribution in [0, 0.1) is 124 Å². The van der Waals surface area contributed by atoms with E-state index in [0.29, 0.717) is 89.4 Å². The third-order valence-corrected chi connectivity index (χ3v) is 29.3. The monoisotopic (exact) mass is 1490 g/mol. The summed E-state index contributed by atoms with van der Waals surface area (Å²) in [5, 5.41) is 0. The van der Waals surface area contributed by atoms with Gasteiger partial charge in [0.1, 0.15) is 0 Å². The van der Waals surface area contributed by atoms with E-state index in [1.54, 1.807) is 0 Å². The Labute approximate surface area is 657 Å². The van der Waals surface area contributed by atoms with Crippen LogP contribution in [0.5, 0.6) is 0 Å². The highest BCUT2D eigenvalue weighted by atomic mass is 16.5. The van der Waals surface area contributed by atoms with Crippen molar-refractivity contribution in [1.82, 2.24) is 0 Å². The number of ether oxygens (including phenoxy) is 9. The predicted octanol–water partition coefficient (Wildman–Crippen LogP) is 27.2. The van der Waals surface area contributed by atoms with Gasteiger partial charge in [-0.3, -0.25) is 0 Å². The Morgan fingerprint density at radius 3 is 1.21 bits per heavy atom. The highest BCUT2D eigenvalue weighted by molar-refractivity contribution is 5.13. The van der Waals surface area contributed by atoms with Crippen molar-refractivity contribution in [2.75, 3.05) is 92.5 Å². The molecule has 11 unspecified atom stereocenters. The van der Waals surface area contributed by atoms with Crippen molar-refractivity contribution in [3.8, 4) is 0 Å². The highest BCUT2D eigenvalue weighted by Crippen LogP contribution is 2.67. The Hall–Kier alpha value is -0.360. The van der Waals surface area contributed by atoms with Gasteiger partial charge in [-0.1, -0.05) is 200 Å². The van der Waals surface area contributed by atoms with E-state index in [1.807, 2.05) is 20.8 Å². The molecule has 12 aliphatic carbocycles. The van der Waals surface area contributed by atoms with E-state index >= 15 is 0 Å². The molecule has 8 bridgehead atoms. The topological polar surface area (TPSA) is 83.1 Å². The van der Waals surface area contributed by atoms with E-state index < -0.39 is 0 Å². The van der Waals surface area contributed by atoms with Crippen LogP contribution < -0.4 is 0 Å². The molecule has 628 valence electrons. The molecule has 12 fully saturated rings. The second-order valence-electron chi connectivity index (χ2n) is 43.1. The van der Waals surface area contributed by atoms with Crippen LogP contribution in [0.15, 0.2) is 0 Å². The van der Waals surface area contributed by atoms with Gasteiger partial charge in [0.15, 0.2) is 0 Å². The molecule has 9 nitrogen and oxygen atoms in total. The lowest BCUT2D eigenvalue weighted by Crippen LogP contribution is -2.53. The van der Waals surface area contributed by atoms with Crippen molar-refractivity contribution in [2.24, 2.45) is 124 Å². The van der Waals surface area contributed by atoms with Crippen LogP contribution in [-0.4, -0.2) is 117 Å². The Kier molecular flexibility index (Phi) is 42.7.